The van der Waals surface area contributed by atoms with Gasteiger partial charge in [0.05, 0.1) is 34.2 Å². The van der Waals surface area contributed by atoms with Gasteiger partial charge in [-0.25, -0.2) is 0 Å². The van der Waals surface area contributed by atoms with E-state index in [1.165, 1.54) is 0 Å². The van der Waals surface area contributed by atoms with Gasteiger partial charge in [0.2, 0.25) is 0 Å². The van der Waals surface area contributed by atoms with Crippen molar-refractivity contribution < 1.29 is 9.29 Å². The third-order valence-electron chi connectivity index (χ3n) is 9.40. The topological polar surface area (TPSA) is 65.4 Å². The third-order valence-corrected chi connectivity index (χ3v) is 11.7. The predicted molar refractivity (Wildman–Crippen MR) is 208 cm³/mol. The maximum Gasteiger partial charge on any atom is 0.138 e. The lowest BCUT2D eigenvalue weighted by Crippen LogP contribution is -2.45. The van der Waals surface area contributed by atoms with Gasteiger partial charge in [-0.2, -0.15) is 5.10 Å². The Hall–Kier alpha value is -3.72. The molecule has 2 atom stereocenters. The Balaban J connectivity index is 1.33. The van der Waals surface area contributed by atoms with Crippen LogP contribution in [0.4, 0.5) is 5.69 Å². The monoisotopic (exact) mass is 726 g/mol. The van der Waals surface area contributed by atoms with E-state index in [0.29, 0.717) is 22.4 Å². The minimum atomic E-state index is -1.33. The first-order chi connectivity index (χ1) is 24.1. The number of piperidine rings is 1. The molecule has 6 nitrogen and oxygen atoms in total. The number of nitrogens with one attached hydrogen (secondary N) is 1. The van der Waals surface area contributed by atoms with Crippen molar-refractivity contribution in [1.82, 2.24) is 14.5 Å². The normalized spacial score (nSPS) is 15.4. The second-order valence-corrected chi connectivity index (χ2v) is 16.5. The molecule has 4 aromatic carbocycles. The molecule has 50 heavy (non-hydrogen) atoms. The minimum absolute atomic E-state index is 0.160. The van der Waals surface area contributed by atoms with E-state index in [9.17, 15) is 4.55 Å². The Labute approximate surface area is 309 Å². The second kappa shape index (κ2) is 15.7. The number of rotatable bonds is 12. The molecule has 0 aliphatic carbocycles. The van der Waals surface area contributed by atoms with Gasteiger partial charge in [-0.3, -0.25) is 4.68 Å². The lowest BCUT2D eigenvalue weighted by molar-refractivity contribution is 0.307. The number of ether oxygens (including phenoxy) is 1. The zero-order valence-corrected chi connectivity index (χ0v) is 31.1. The van der Waals surface area contributed by atoms with Gasteiger partial charge in [-0.1, -0.05) is 127 Å². The second-order valence-electron chi connectivity index (χ2n) is 13.7. The average Bonchev–Trinajstić information content (AvgIpc) is 3.63. The molecule has 1 fully saturated rings. The molecule has 260 valence electrons. The van der Waals surface area contributed by atoms with Crippen LogP contribution in [0.2, 0.25) is 10.0 Å². The van der Waals surface area contributed by atoms with Crippen molar-refractivity contribution in [1.29, 1.82) is 0 Å². The molecule has 5 aromatic rings. The molecule has 1 unspecified atom stereocenters. The van der Waals surface area contributed by atoms with Crippen molar-refractivity contribution >= 4 is 40.3 Å². The van der Waals surface area contributed by atoms with Crippen LogP contribution in [0.5, 0.6) is 5.75 Å². The summed E-state index contributed by atoms with van der Waals surface area (Å²) >= 11 is 11.7. The van der Waals surface area contributed by atoms with E-state index in [4.69, 9.17) is 33.0 Å². The fourth-order valence-electron chi connectivity index (χ4n) is 6.85. The quantitative estimate of drug-likeness (QED) is 0.0788. The molecule has 6 rings (SSSR count). The van der Waals surface area contributed by atoms with Gasteiger partial charge in [0.25, 0.3) is 0 Å². The molecule has 0 spiro atoms. The van der Waals surface area contributed by atoms with E-state index in [0.717, 1.165) is 53.9 Å². The van der Waals surface area contributed by atoms with E-state index in [1.807, 2.05) is 33.0 Å². The fraction of sp³-hybridized carbons (Fsp3) is 0.293. The Kier molecular flexibility index (Phi) is 11.3. The van der Waals surface area contributed by atoms with Crippen LogP contribution in [-0.2, 0) is 16.9 Å². The van der Waals surface area contributed by atoms with Crippen molar-refractivity contribution in [2.24, 2.45) is 5.92 Å². The van der Waals surface area contributed by atoms with Crippen LogP contribution in [-0.4, -0.2) is 38.8 Å². The first-order valence-electron chi connectivity index (χ1n) is 17.0. The summed E-state index contributed by atoms with van der Waals surface area (Å²) in [4.78, 5) is 2.40. The molecule has 2 heterocycles. The molecule has 0 bridgehead atoms. The first-order valence-corrected chi connectivity index (χ1v) is 18.9. The maximum absolute atomic E-state index is 13.6. The van der Waals surface area contributed by atoms with Crippen LogP contribution in [0, 0.1) is 5.92 Å². The van der Waals surface area contributed by atoms with Gasteiger partial charge in [0.1, 0.15) is 22.6 Å². The van der Waals surface area contributed by atoms with Gasteiger partial charge in [-0.05, 0) is 62.3 Å². The highest BCUT2D eigenvalue weighted by Crippen LogP contribution is 2.43. The van der Waals surface area contributed by atoms with Crippen LogP contribution < -0.4 is 14.4 Å². The summed E-state index contributed by atoms with van der Waals surface area (Å²) in [7, 11) is 0. The first kappa shape index (κ1) is 36.1. The molecular weight excluding hydrogens is 683 g/mol. The number of hydrogen-bond acceptors (Lipinski definition) is 5. The van der Waals surface area contributed by atoms with E-state index >= 15 is 0 Å². The third kappa shape index (κ3) is 7.48. The van der Waals surface area contributed by atoms with Crippen molar-refractivity contribution in [2.45, 2.75) is 49.9 Å². The standard InChI is InChI=1S/C41H44Cl2N4O2S/c1-5-25-49-38-27-37(43)36(42)26-35(38)39(45-50(48)40(2,3)4)30-21-23-46(24-22-30)34-28-44-47(29-34)41(31-15-9-6-10-16-31,32-17-11-7-12-18-32)33-19-13-8-14-20-33/h5-20,26-30,39,45H,1,21-25H2,2-4H3/t39?,50-/m0/s1. The molecule has 1 saturated heterocycles. The van der Waals surface area contributed by atoms with E-state index in [-0.39, 0.29) is 12.0 Å². The Bertz CT molecular complexity index is 1760. The summed E-state index contributed by atoms with van der Waals surface area (Å²) in [5.41, 5.74) is 4.61. The zero-order valence-electron chi connectivity index (χ0n) is 28.8. The lowest BCUT2D eigenvalue weighted by atomic mass is 9.77. The van der Waals surface area contributed by atoms with Crippen LogP contribution >= 0.6 is 23.2 Å². The highest BCUT2D eigenvalue weighted by Gasteiger charge is 2.41. The van der Waals surface area contributed by atoms with E-state index in [2.05, 4.69) is 118 Å². The number of anilines is 1. The lowest BCUT2D eigenvalue weighted by Gasteiger charge is -2.39. The molecule has 1 N–H and O–H groups in total. The van der Waals surface area contributed by atoms with Gasteiger partial charge < -0.3 is 14.2 Å². The highest BCUT2D eigenvalue weighted by atomic mass is 35.5. The molecular formula is C41H44Cl2N4O2S. The Morgan fingerprint density at radius 2 is 1.42 bits per heavy atom. The molecule has 1 aliphatic heterocycles. The van der Waals surface area contributed by atoms with Crippen molar-refractivity contribution in [3.63, 3.8) is 0 Å². The summed E-state index contributed by atoms with van der Waals surface area (Å²) in [5, 5.41) is 5.94. The molecule has 1 aromatic heterocycles. The fourth-order valence-corrected chi connectivity index (χ4v) is 8.08. The summed E-state index contributed by atoms with van der Waals surface area (Å²) in [6.07, 6.45) is 7.56. The Morgan fingerprint density at radius 3 is 1.92 bits per heavy atom. The van der Waals surface area contributed by atoms with E-state index < -0.39 is 21.6 Å². The SMILES string of the molecule is C=CCOc1cc(Cl)c(Cl)cc1C(N[S@@+]([O-])C(C)(C)C)C1CCN(c2cnn(C(c3ccccc3)(c3ccccc3)c3ccccc3)c2)CC1. The highest BCUT2D eigenvalue weighted by molar-refractivity contribution is 7.90. The van der Waals surface area contributed by atoms with Crippen LogP contribution in [0.1, 0.15) is 61.9 Å². The number of hydrogen-bond donors (Lipinski definition) is 1. The largest absolute Gasteiger partial charge is 0.598 e. The molecule has 9 heteroatoms. The van der Waals surface area contributed by atoms with Gasteiger partial charge in [0, 0.05) is 36.1 Å². The van der Waals surface area contributed by atoms with Gasteiger partial charge >= 0.3 is 0 Å². The minimum Gasteiger partial charge on any atom is -0.598 e. The number of halogens is 2. The zero-order chi connectivity index (χ0) is 35.3. The van der Waals surface area contributed by atoms with Gasteiger partial charge in [0.15, 0.2) is 0 Å². The van der Waals surface area contributed by atoms with Crippen LogP contribution in [0.3, 0.4) is 0 Å². The van der Waals surface area contributed by atoms with Crippen molar-refractivity contribution in [3.8, 4) is 5.75 Å². The number of nitrogens with zero attached hydrogens (tertiary/aromatic N) is 3. The average molecular weight is 728 g/mol. The van der Waals surface area contributed by atoms with Crippen molar-refractivity contribution in [2.75, 3.05) is 24.6 Å². The van der Waals surface area contributed by atoms with Crippen LogP contribution in [0.25, 0.3) is 0 Å². The summed E-state index contributed by atoms with van der Waals surface area (Å²) in [6, 6.07) is 35.1. The van der Waals surface area contributed by atoms with Gasteiger partial charge in [-0.15, -0.1) is 4.72 Å². The van der Waals surface area contributed by atoms with E-state index in [1.54, 1.807) is 12.1 Å². The molecule has 0 saturated carbocycles. The summed E-state index contributed by atoms with van der Waals surface area (Å²) in [5.74, 6) is 0.776. The Morgan fingerprint density at radius 1 is 0.900 bits per heavy atom. The number of aromatic nitrogens is 2. The summed E-state index contributed by atoms with van der Waals surface area (Å²) in [6.45, 7) is 11.6. The van der Waals surface area contributed by atoms with Crippen molar-refractivity contribution in [3.05, 3.63) is 160 Å². The molecule has 0 radical (unpaired) electrons. The maximum atomic E-state index is 13.6. The predicted octanol–water partition coefficient (Wildman–Crippen LogP) is 9.60. The molecule has 0 amide bonds. The molecule has 1 aliphatic rings. The summed E-state index contributed by atoms with van der Waals surface area (Å²) < 4.78 is 24.8. The number of benzene rings is 4. The van der Waals surface area contributed by atoms with Crippen LogP contribution in [0.15, 0.2) is 128 Å². The smallest absolute Gasteiger partial charge is 0.138 e.